The topological polar surface area (TPSA) is 54.9 Å². The van der Waals surface area contributed by atoms with Crippen LogP contribution in [-0.4, -0.2) is 48.8 Å². The number of nitrogens with zero attached hydrogens (tertiary/aromatic N) is 3. The number of benzene rings is 2. The largest absolute Gasteiger partial charge is 0.462 e. The number of hydrogen-bond donors (Lipinski definition) is 0. The third-order valence-corrected chi connectivity index (χ3v) is 9.26. The summed E-state index contributed by atoms with van der Waals surface area (Å²) in [7, 11) is 0. The van der Waals surface area contributed by atoms with Gasteiger partial charge in [-0.1, -0.05) is 92.8 Å². The van der Waals surface area contributed by atoms with Crippen molar-refractivity contribution in [1.29, 1.82) is 0 Å². The van der Waals surface area contributed by atoms with Crippen molar-refractivity contribution in [3.05, 3.63) is 94.3 Å². The van der Waals surface area contributed by atoms with Crippen molar-refractivity contribution in [2.24, 2.45) is 5.92 Å². The standard InChI is InChI=1S/C36H45N3O3/c1-2-42-36(40)32-30-26-39(25-28-16-10-7-11-17-28)34(29-18-12-4-3-5-13-19-29)33(30)37-31(24-27-14-8-6-9-15-27)35(32)38-20-22-41-23-21-38/h6-11,14-17,29,34H,2-5,12-13,18-26H2,1H3. The first-order valence-corrected chi connectivity index (χ1v) is 16.1. The van der Waals surface area contributed by atoms with E-state index >= 15 is 0 Å². The van der Waals surface area contributed by atoms with Gasteiger partial charge in [0.1, 0.15) is 0 Å². The maximum absolute atomic E-state index is 14.0. The van der Waals surface area contributed by atoms with Gasteiger partial charge in [0.05, 0.1) is 48.5 Å². The lowest BCUT2D eigenvalue weighted by Crippen LogP contribution is -2.38. The fourth-order valence-electron chi connectivity index (χ4n) is 7.32. The molecule has 6 nitrogen and oxygen atoms in total. The molecule has 2 aromatic carbocycles. The number of morpholine rings is 1. The molecule has 3 aromatic rings. The molecule has 6 heteroatoms. The van der Waals surface area contributed by atoms with Crippen LogP contribution in [0.2, 0.25) is 0 Å². The maximum atomic E-state index is 14.0. The van der Waals surface area contributed by atoms with Gasteiger partial charge in [0.2, 0.25) is 0 Å². The zero-order valence-electron chi connectivity index (χ0n) is 25.1. The first kappa shape index (κ1) is 28.9. The Bertz CT molecular complexity index is 1320. The van der Waals surface area contributed by atoms with Gasteiger partial charge in [-0.15, -0.1) is 0 Å². The highest BCUT2D eigenvalue weighted by atomic mass is 16.5. The van der Waals surface area contributed by atoms with E-state index in [0.29, 0.717) is 32.2 Å². The van der Waals surface area contributed by atoms with Crippen LogP contribution in [0.1, 0.15) is 96.3 Å². The van der Waals surface area contributed by atoms with Gasteiger partial charge in [-0.05, 0) is 36.8 Å². The van der Waals surface area contributed by atoms with Crippen LogP contribution in [-0.2, 0) is 29.0 Å². The van der Waals surface area contributed by atoms with Gasteiger partial charge >= 0.3 is 5.97 Å². The van der Waals surface area contributed by atoms with E-state index in [1.54, 1.807) is 0 Å². The third kappa shape index (κ3) is 6.40. The van der Waals surface area contributed by atoms with Crippen molar-refractivity contribution >= 4 is 11.7 Å². The minimum Gasteiger partial charge on any atom is -0.462 e. The zero-order chi connectivity index (χ0) is 28.7. The van der Waals surface area contributed by atoms with E-state index in [4.69, 9.17) is 14.5 Å². The summed E-state index contributed by atoms with van der Waals surface area (Å²) in [5.74, 6) is 0.307. The summed E-state index contributed by atoms with van der Waals surface area (Å²) in [6, 6.07) is 21.5. The number of hydrogen-bond acceptors (Lipinski definition) is 6. The second-order valence-corrected chi connectivity index (χ2v) is 12.1. The minimum atomic E-state index is -0.218. The molecule has 2 aliphatic heterocycles. The quantitative estimate of drug-likeness (QED) is 0.271. The number of carbonyl (C=O) groups excluding carboxylic acids is 1. The lowest BCUT2D eigenvalue weighted by molar-refractivity contribution is 0.0524. The highest BCUT2D eigenvalue weighted by Crippen LogP contribution is 2.47. The van der Waals surface area contributed by atoms with Crippen LogP contribution in [0.5, 0.6) is 0 Å². The highest BCUT2D eigenvalue weighted by molar-refractivity contribution is 5.99. The third-order valence-electron chi connectivity index (χ3n) is 9.26. The number of anilines is 1. The number of fused-ring (bicyclic) bond motifs is 1. The Balaban J connectivity index is 1.51. The Morgan fingerprint density at radius 2 is 1.55 bits per heavy atom. The van der Waals surface area contributed by atoms with Crippen LogP contribution in [0.3, 0.4) is 0 Å². The number of rotatable bonds is 8. The van der Waals surface area contributed by atoms with E-state index in [1.165, 1.54) is 56.1 Å². The van der Waals surface area contributed by atoms with E-state index in [-0.39, 0.29) is 12.0 Å². The van der Waals surface area contributed by atoms with Crippen LogP contribution >= 0.6 is 0 Å². The van der Waals surface area contributed by atoms with Crippen molar-refractivity contribution in [2.75, 3.05) is 37.8 Å². The SMILES string of the molecule is CCOC(=O)c1c2c(nc(Cc3ccccc3)c1N1CCOCC1)C(C1CCCCCCC1)N(Cc1ccccc1)C2. The average Bonchev–Trinajstić information content (AvgIpc) is 3.35. The number of ether oxygens (including phenoxy) is 2. The molecule has 0 radical (unpaired) electrons. The number of esters is 1. The first-order chi connectivity index (χ1) is 20.7. The van der Waals surface area contributed by atoms with E-state index in [0.717, 1.165) is 54.4 Å². The molecule has 2 fully saturated rings. The van der Waals surface area contributed by atoms with Gasteiger partial charge in [-0.3, -0.25) is 9.88 Å². The number of pyridine rings is 1. The van der Waals surface area contributed by atoms with Crippen LogP contribution in [0.4, 0.5) is 5.69 Å². The molecule has 3 aliphatic rings. The smallest absolute Gasteiger partial charge is 0.340 e. The summed E-state index contributed by atoms with van der Waals surface area (Å²) < 4.78 is 11.6. The molecule has 3 heterocycles. The molecule has 1 aromatic heterocycles. The second-order valence-electron chi connectivity index (χ2n) is 12.1. The molecule has 0 N–H and O–H groups in total. The van der Waals surface area contributed by atoms with Crippen LogP contribution < -0.4 is 4.90 Å². The Hall–Kier alpha value is -3.22. The molecule has 42 heavy (non-hydrogen) atoms. The molecule has 1 saturated carbocycles. The highest BCUT2D eigenvalue weighted by Gasteiger charge is 2.42. The van der Waals surface area contributed by atoms with Crippen molar-refractivity contribution in [3.8, 4) is 0 Å². The van der Waals surface area contributed by atoms with E-state index in [1.807, 2.05) is 6.92 Å². The Morgan fingerprint density at radius 1 is 0.905 bits per heavy atom. The predicted molar refractivity (Wildman–Crippen MR) is 167 cm³/mol. The van der Waals surface area contributed by atoms with Crippen molar-refractivity contribution < 1.29 is 14.3 Å². The molecule has 1 atom stereocenters. The van der Waals surface area contributed by atoms with Gasteiger partial charge < -0.3 is 14.4 Å². The summed E-state index contributed by atoms with van der Waals surface area (Å²) in [5.41, 5.74) is 7.38. The van der Waals surface area contributed by atoms with Crippen LogP contribution in [0.15, 0.2) is 60.7 Å². The van der Waals surface area contributed by atoms with Crippen LogP contribution in [0, 0.1) is 5.92 Å². The summed E-state index contributed by atoms with van der Waals surface area (Å²) in [6.45, 7) is 6.60. The van der Waals surface area contributed by atoms with Crippen molar-refractivity contribution in [1.82, 2.24) is 9.88 Å². The van der Waals surface area contributed by atoms with E-state index < -0.39 is 0 Å². The normalized spacial score (nSPS) is 20.1. The van der Waals surface area contributed by atoms with Gasteiger partial charge in [0.15, 0.2) is 0 Å². The fraction of sp³-hybridized carbons (Fsp3) is 0.500. The zero-order valence-corrected chi connectivity index (χ0v) is 25.1. The monoisotopic (exact) mass is 567 g/mol. The van der Waals surface area contributed by atoms with Gasteiger partial charge in [-0.2, -0.15) is 0 Å². The Kier molecular flexibility index (Phi) is 9.51. The average molecular weight is 568 g/mol. The van der Waals surface area contributed by atoms with Gasteiger partial charge in [-0.25, -0.2) is 4.79 Å². The first-order valence-electron chi connectivity index (χ1n) is 16.1. The van der Waals surface area contributed by atoms with E-state index in [9.17, 15) is 4.79 Å². The molecule has 0 amide bonds. The number of carbonyl (C=O) groups is 1. The Labute approximate surface area is 251 Å². The molecular formula is C36H45N3O3. The maximum Gasteiger partial charge on any atom is 0.340 e. The molecule has 0 spiro atoms. The molecule has 0 bridgehead atoms. The minimum absolute atomic E-state index is 0.194. The lowest BCUT2D eigenvalue weighted by Gasteiger charge is -2.34. The van der Waals surface area contributed by atoms with Crippen molar-refractivity contribution in [3.63, 3.8) is 0 Å². The second kappa shape index (κ2) is 13.8. The molecule has 222 valence electrons. The fourth-order valence-corrected chi connectivity index (χ4v) is 7.32. The predicted octanol–water partition coefficient (Wildman–Crippen LogP) is 7.10. The van der Waals surface area contributed by atoms with Gasteiger partial charge in [0, 0.05) is 38.2 Å². The van der Waals surface area contributed by atoms with E-state index in [2.05, 4.69) is 70.5 Å². The summed E-state index contributed by atoms with van der Waals surface area (Å²) >= 11 is 0. The molecule has 6 rings (SSSR count). The molecule has 1 unspecified atom stereocenters. The molecule has 1 aliphatic carbocycles. The summed E-state index contributed by atoms with van der Waals surface area (Å²) in [5, 5.41) is 0. The van der Waals surface area contributed by atoms with Crippen molar-refractivity contribution in [2.45, 2.75) is 77.4 Å². The Morgan fingerprint density at radius 3 is 2.21 bits per heavy atom. The lowest BCUT2D eigenvalue weighted by atomic mass is 9.83. The summed E-state index contributed by atoms with van der Waals surface area (Å²) in [6.07, 6.45) is 9.61. The van der Waals surface area contributed by atoms with Crippen LogP contribution in [0.25, 0.3) is 0 Å². The summed E-state index contributed by atoms with van der Waals surface area (Å²) in [4.78, 5) is 24.5. The van der Waals surface area contributed by atoms with Gasteiger partial charge in [0.25, 0.3) is 0 Å². The molecular weight excluding hydrogens is 522 g/mol. The number of aromatic nitrogens is 1. The molecule has 1 saturated heterocycles.